The number of aromatic nitrogens is 4. The predicted octanol–water partition coefficient (Wildman–Crippen LogP) is 4.69. The molecule has 3 aromatic heterocycles. The molecule has 1 aliphatic rings. The predicted molar refractivity (Wildman–Crippen MR) is 135 cm³/mol. The standard InChI is InChI=1S/C28H25N5O2/c34-27-23-9-5-4-8-22(23)26(31-32-27)19-10-12-21(13-11-19)30-28(35)24-17-29-25-16-20(14-15-33(24)25)18-6-2-1-3-7-18/h1-9,14-17,19,21H,10-13H2,(H,30,35)(H,32,34). The van der Waals surface area contributed by atoms with Gasteiger partial charge in [-0.25, -0.2) is 10.1 Å². The minimum absolute atomic E-state index is 0.0990. The summed E-state index contributed by atoms with van der Waals surface area (Å²) >= 11 is 0. The summed E-state index contributed by atoms with van der Waals surface area (Å²) in [6.07, 6.45) is 7.08. The Labute approximate surface area is 201 Å². The van der Waals surface area contributed by atoms with E-state index < -0.39 is 0 Å². The molecule has 7 nitrogen and oxygen atoms in total. The first-order valence-electron chi connectivity index (χ1n) is 12.0. The van der Waals surface area contributed by atoms with Crippen LogP contribution in [0.2, 0.25) is 0 Å². The highest BCUT2D eigenvalue weighted by molar-refractivity contribution is 5.93. The summed E-state index contributed by atoms with van der Waals surface area (Å²) in [7, 11) is 0. The number of nitrogens with zero attached hydrogens (tertiary/aromatic N) is 3. The third-order valence-corrected chi connectivity index (χ3v) is 7.03. The SMILES string of the molecule is O=C(NC1CCC(c2n[nH]c(=O)c3ccccc23)CC1)c1cnc2cc(-c3ccccc3)ccn12. The van der Waals surface area contributed by atoms with Gasteiger partial charge in [0, 0.05) is 23.5 Å². The molecular weight excluding hydrogens is 438 g/mol. The van der Waals surface area contributed by atoms with Crippen LogP contribution in [0, 0.1) is 0 Å². The second kappa shape index (κ2) is 8.83. The van der Waals surface area contributed by atoms with Crippen LogP contribution in [0.4, 0.5) is 0 Å². The van der Waals surface area contributed by atoms with Crippen LogP contribution in [0.25, 0.3) is 27.5 Å². The molecule has 0 unspecified atom stereocenters. The van der Waals surface area contributed by atoms with E-state index in [1.807, 2.05) is 65.2 Å². The van der Waals surface area contributed by atoms with Crippen LogP contribution in [0.3, 0.4) is 0 Å². The molecule has 1 fully saturated rings. The molecule has 7 heteroatoms. The van der Waals surface area contributed by atoms with Gasteiger partial charge in [0.15, 0.2) is 0 Å². The lowest BCUT2D eigenvalue weighted by molar-refractivity contribution is 0.0919. The maximum atomic E-state index is 13.1. The van der Waals surface area contributed by atoms with Crippen molar-refractivity contribution in [1.82, 2.24) is 24.9 Å². The highest BCUT2D eigenvalue weighted by Gasteiger charge is 2.27. The van der Waals surface area contributed by atoms with Crippen LogP contribution in [0.1, 0.15) is 47.8 Å². The molecule has 174 valence electrons. The van der Waals surface area contributed by atoms with E-state index >= 15 is 0 Å². The number of rotatable bonds is 4. The molecule has 2 N–H and O–H groups in total. The summed E-state index contributed by atoms with van der Waals surface area (Å²) in [5.41, 5.74) is 4.25. The molecule has 0 radical (unpaired) electrons. The fraction of sp³-hybridized carbons (Fsp3) is 0.214. The molecule has 0 saturated heterocycles. The molecule has 0 aliphatic heterocycles. The lowest BCUT2D eigenvalue weighted by atomic mass is 9.82. The first-order valence-corrected chi connectivity index (χ1v) is 12.0. The minimum atomic E-state index is -0.158. The molecule has 5 aromatic rings. The molecule has 1 saturated carbocycles. The first kappa shape index (κ1) is 21.3. The Bertz CT molecular complexity index is 1580. The van der Waals surface area contributed by atoms with Crippen molar-refractivity contribution in [2.75, 3.05) is 0 Å². The Hall–Kier alpha value is -4.26. The van der Waals surface area contributed by atoms with Crippen molar-refractivity contribution < 1.29 is 4.79 Å². The molecule has 3 heterocycles. The van der Waals surface area contributed by atoms with Crippen LogP contribution in [0.5, 0.6) is 0 Å². The summed E-state index contributed by atoms with van der Waals surface area (Å²) in [4.78, 5) is 29.7. The average Bonchev–Trinajstić information content (AvgIpc) is 3.34. The van der Waals surface area contributed by atoms with Crippen LogP contribution >= 0.6 is 0 Å². The minimum Gasteiger partial charge on any atom is -0.348 e. The Morgan fingerprint density at radius 1 is 0.914 bits per heavy atom. The van der Waals surface area contributed by atoms with E-state index in [-0.39, 0.29) is 23.4 Å². The van der Waals surface area contributed by atoms with Crippen LogP contribution in [-0.4, -0.2) is 31.5 Å². The third kappa shape index (κ3) is 3.99. The number of H-pyrrole nitrogens is 1. The molecule has 0 spiro atoms. The van der Waals surface area contributed by atoms with Gasteiger partial charge in [0.05, 0.1) is 17.3 Å². The summed E-state index contributed by atoms with van der Waals surface area (Å²) < 4.78 is 1.84. The maximum Gasteiger partial charge on any atom is 0.272 e. The summed E-state index contributed by atoms with van der Waals surface area (Å²) in [6.45, 7) is 0. The van der Waals surface area contributed by atoms with E-state index in [1.165, 1.54) is 0 Å². The Kier molecular flexibility index (Phi) is 5.37. The number of nitrogens with one attached hydrogen (secondary N) is 2. The molecule has 1 amide bonds. The lowest BCUT2D eigenvalue weighted by Gasteiger charge is -2.29. The molecule has 1 aliphatic carbocycles. The third-order valence-electron chi connectivity index (χ3n) is 7.03. The fourth-order valence-corrected chi connectivity index (χ4v) is 5.18. The quantitative estimate of drug-likeness (QED) is 0.404. The maximum absolute atomic E-state index is 13.1. The van der Waals surface area contributed by atoms with E-state index in [9.17, 15) is 9.59 Å². The zero-order chi connectivity index (χ0) is 23.8. The van der Waals surface area contributed by atoms with Gasteiger partial charge in [-0.2, -0.15) is 5.10 Å². The molecular formula is C28H25N5O2. The van der Waals surface area contributed by atoms with Gasteiger partial charge in [0.2, 0.25) is 0 Å². The zero-order valence-corrected chi connectivity index (χ0v) is 19.1. The van der Waals surface area contributed by atoms with Crippen LogP contribution in [-0.2, 0) is 0 Å². The van der Waals surface area contributed by atoms with E-state index in [4.69, 9.17) is 0 Å². The van der Waals surface area contributed by atoms with E-state index in [0.717, 1.165) is 53.5 Å². The van der Waals surface area contributed by atoms with Crippen LogP contribution in [0.15, 0.2) is 83.9 Å². The smallest absolute Gasteiger partial charge is 0.272 e. The summed E-state index contributed by atoms with van der Waals surface area (Å²) in [5, 5.41) is 11.8. The van der Waals surface area contributed by atoms with E-state index in [2.05, 4.69) is 32.6 Å². The van der Waals surface area contributed by atoms with Crippen LogP contribution < -0.4 is 10.9 Å². The van der Waals surface area contributed by atoms with Crippen molar-refractivity contribution >= 4 is 22.3 Å². The van der Waals surface area contributed by atoms with Crippen molar-refractivity contribution in [1.29, 1.82) is 0 Å². The van der Waals surface area contributed by atoms with Crippen molar-refractivity contribution in [3.63, 3.8) is 0 Å². The zero-order valence-electron chi connectivity index (χ0n) is 19.1. The van der Waals surface area contributed by atoms with Gasteiger partial charge in [-0.15, -0.1) is 0 Å². The number of hydrogen-bond donors (Lipinski definition) is 2. The second-order valence-corrected chi connectivity index (χ2v) is 9.16. The van der Waals surface area contributed by atoms with Gasteiger partial charge in [0.1, 0.15) is 11.3 Å². The largest absolute Gasteiger partial charge is 0.348 e. The summed E-state index contributed by atoms with van der Waals surface area (Å²) in [6, 6.07) is 21.9. The number of imidazole rings is 1. The first-order chi connectivity index (χ1) is 17.2. The van der Waals surface area contributed by atoms with Crippen molar-refractivity contribution in [3.05, 3.63) is 101 Å². The molecule has 0 bridgehead atoms. The Morgan fingerprint density at radius 3 is 2.46 bits per heavy atom. The molecule has 0 atom stereocenters. The van der Waals surface area contributed by atoms with E-state index in [1.54, 1.807) is 6.20 Å². The van der Waals surface area contributed by atoms with E-state index in [0.29, 0.717) is 11.1 Å². The number of benzene rings is 2. The lowest BCUT2D eigenvalue weighted by Crippen LogP contribution is -2.38. The normalized spacial score (nSPS) is 18.1. The number of carbonyl (C=O) groups excluding carboxylic acids is 1. The highest BCUT2D eigenvalue weighted by Crippen LogP contribution is 2.34. The molecule has 2 aromatic carbocycles. The molecule has 6 rings (SSSR count). The Balaban J connectivity index is 1.15. The number of aromatic amines is 1. The topological polar surface area (TPSA) is 92.1 Å². The average molecular weight is 464 g/mol. The van der Waals surface area contributed by atoms with Gasteiger partial charge in [-0.3, -0.25) is 14.0 Å². The van der Waals surface area contributed by atoms with Gasteiger partial charge < -0.3 is 5.32 Å². The van der Waals surface area contributed by atoms with Gasteiger partial charge >= 0.3 is 0 Å². The number of hydrogen-bond acceptors (Lipinski definition) is 4. The monoisotopic (exact) mass is 463 g/mol. The number of fused-ring (bicyclic) bond motifs is 2. The van der Waals surface area contributed by atoms with Gasteiger partial charge in [-0.1, -0.05) is 48.5 Å². The van der Waals surface area contributed by atoms with Crippen molar-refractivity contribution in [2.24, 2.45) is 0 Å². The number of amides is 1. The highest BCUT2D eigenvalue weighted by atomic mass is 16.2. The summed E-state index contributed by atoms with van der Waals surface area (Å²) in [5.74, 6) is 0.151. The van der Waals surface area contributed by atoms with Crippen molar-refractivity contribution in [2.45, 2.75) is 37.6 Å². The Morgan fingerprint density at radius 2 is 1.66 bits per heavy atom. The fourth-order valence-electron chi connectivity index (χ4n) is 5.18. The molecule has 35 heavy (non-hydrogen) atoms. The number of pyridine rings is 1. The second-order valence-electron chi connectivity index (χ2n) is 9.16. The number of carbonyl (C=O) groups is 1. The van der Waals surface area contributed by atoms with Gasteiger partial charge in [-0.05, 0) is 55.0 Å². The van der Waals surface area contributed by atoms with Crippen molar-refractivity contribution in [3.8, 4) is 11.1 Å². The van der Waals surface area contributed by atoms with Gasteiger partial charge in [0.25, 0.3) is 11.5 Å².